The number of carbonyl (C=O) groups is 1. The summed E-state index contributed by atoms with van der Waals surface area (Å²) in [6.07, 6.45) is 0.909. The van der Waals surface area contributed by atoms with Gasteiger partial charge in [-0.25, -0.2) is 4.79 Å². The van der Waals surface area contributed by atoms with Gasteiger partial charge in [0.25, 0.3) is 0 Å². The third-order valence-electron chi connectivity index (χ3n) is 4.30. The smallest absolute Gasteiger partial charge is 0.343 e. The lowest BCUT2D eigenvalue weighted by Gasteiger charge is -2.17. The molecule has 8 heteroatoms. The van der Waals surface area contributed by atoms with Crippen LogP contribution in [-0.4, -0.2) is 37.5 Å². The van der Waals surface area contributed by atoms with E-state index in [2.05, 4.69) is 20.8 Å². The summed E-state index contributed by atoms with van der Waals surface area (Å²) in [5.41, 5.74) is 4.27. The van der Waals surface area contributed by atoms with Gasteiger partial charge in [-0.1, -0.05) is 41.6 Å². The standard InChI is InChI=1S/C22H29N5O3/c1-6-13-30-25-17(3)18-10-8-11-19(14-18)29-15-20-16(2)9-7-12-21(20)24-22(28)27(5)26-23-4/h7-12,14H,6,13,15H2,1-5H3,(H,24,28)/b25-17+,26-23?. The van der Waals surface area contributed by atoms with Crippen LogP contribution in [-0.2, 0) is 11.4 Å². The molecule has 30 heavy (non-hydrogen) atoms. The number of ether oxygens (including phenoxy) is 1. The fourth-order valence-corrected chi connectivity index (χ4v) is 2.63. The minimum atomic E-state index is -0.381. The number of hydrogen-bond donors (Lipinski definition) is 1. The molecular formula is C22H29N5O3. The molecule has 0 bridgehead atoms. The second-order valence-electron chi connectivity index (χ2n) is 6.67. The van der Waals surface area contributed by atoms with Crippen molar-refractivity contribution in [2.75, 3.05) is 26.0 Å². The van der Waals surface area contributed by atoms with Crippen molar-refractivity contribution in [3.05, 3.63) is 59.2 Å². The summed E-state index contributed by atoms with van der Waals surface area (Å²) < 4.78 is 6.02. The van der Waals surface area contributed by atoms with Gasteiger partial charge in [-0.05, 0) is 44.0 Å². The van der Waals surface area contributed by atoms with Crippen molar-refractivity contribution in [3.63, 3.8) is 0 Å². The highest BCUT2D eigenvalue weighted by atomic mass is 16.6. The van der Waals surface area contributed by atoms with Crippen LogP contribution in [0.15, 0.2) is 58.0 Å². The van der Waals surface area contributed by atoms with Crippen LogP contribution in [0.5, 0.6) is 5.75 Å². The van der Waals surface area contributed by atoms with Crippen molar-refractivity contribution >= 4 is 17.4 Å². The molecule has 0 atom stereocenters. The van der Waals surface area contributed by atoms with Crippen LogP contribution in [0.4, 0.5) is 10.5 Å². The number of amides is 2. The van der Waals surface area contributed by atoms with Crippen molar-refractivity contribution in [2.45, 2.75) is 33.8 Å². The zero-order chi connectivity index (χ0) is 21.9. The highest BCUT2D eigenvalue weighted by molar-refractivity contribution is 5.98. The van der Waals surface area contributed by atoms with Gasteiger partial charge in [-0.2, -0.15) is 10.1 Å². The van der Waals surface area contributed by atoms with Crippen LogP contribution in [0.3, 0.4) is 0 Å². The minimum absolute atomic E-state index is 0.299. The lowest BCUT2D eigenvalue weighted by molar-refractivity contribution is 0.145. The molecule has 0 saturated carbocycles. The van der Waals surface area contributed by atoms with E-state index in [9.17, 15) is 4.79 Å². The predicted octanol–water partition coefficient (Wildman–Crippen LogP) is 5.19. The molecule has 0 saturated heterocycles. The molecule has 0 aliphatic heterocycles. The molecule has 0 heterocycles. The number of nitrogens with one attached hydrogen (secondary N) is 1. The Morgan fingerprint density at radius 1 is 1.20 bits per heavy atom. The Morgan fingerprint density at radius 2 is 1.97 bits per heavy atom. The van der Waals surface area contributed by atoms with Crippen LogP contribution >= 0.6 is 0 Å². The molecule has 160 valence electrons. The Bertz CT molecular complexity index is 911. The molecule has 1 N–H and O–H groups in total. The fraction of sp³-hybridized carbons (Fsp3) is 0.364. The van der Waals surface area contributed by atoms with Gasteiger partial charge in [0.05, 0.1) is 12.8 Å². The summed E-state index contributed by atoms with van der Waals surface area (Å²) in [5.74, 6) is 0.704. The first kappa shape index (κ1) is 22.9. The second kappa shape index (κ2) is 11.5. The molecule has 0 aliphatic rings. The predicted molar refractivity (Wildman–Crippen MR) is 118 cm³/mol. The molecule has 2 rings (SSSR count). The Kier molecular flexibility index (Phi) is 8.80. The van der Waals surface area contributed by atoms with E-state index in [0.717, 1.165) is 33.8 Å². The van der Waals surface area contributed by atoms with E-state index in [1.54, 1.807) is 0 Å². The van der Waals surface area contributed by atoms with Gasteiger partial charge < -0.3 is 14.9 Å². The number of hydrogen-bond acceptors (Lipinski definition) is 6. The Balaban J connectivity index is 2.13. The Labute approximate surface area is 177 Å². The fourth-order valence-electron chi connectivity index (χ4n) is 2.63. The van der Waals surface area contributed by atoms with Gasteiger partial charge >= 0.3 is 6.03 Å². The maximum atomic E-state index is 12.3. The first-order valence-electron chi connectivity index (χ1n) is 9.79. The van der Waals surface area contributed by atoms with E-state index >= 15 is 0 Å². The van der Waals surface area contributed by atoms with Gasteiger partial charge in [0.1, 0.15) is 19.0 Å². The molecule has 2 aromatic rings. The van der Waals surface area contributed by atoms with E-state index in [0.29, 0.717) is 24.7 Å². The average molecular weight is 412 g/mol. The number of carbonyl (C=O) groups excluding carboxylic acids is 1. The molecule has 0 aliphatic carbocycles. The number of aryl methyl sites for hydroxylation is 1. The van der Waals surface area contributed by atoms with E-state index in [1.165, 1.54) is 14.1 Å². The lowest BCUT2D eigenvalue weighted by Crippen LogP contribution is -2.27. The highest BCUT2D eigenvalue weighted by Gasteiger charge is 2.13. The highest BCUT2D eigenvalue weighted by Crippen LogP contribution is 2.23. The number of rotatable bonds is 9. The van der Waals surface area contributed by atoms with Gasteiger partial charge in [0.15, 0.2) is 0 Å². The van der Waals surface area contributed by atoms with Gasteiger partial charge in [0.2, 0.25) is 0 Å². The van der Waals surface area contributed by atoms with Crippen LogP contribution in [0, 0.1) is 6.92 Å². The molecule has 0 spiro atoms. The number of oxime groups is 1. The maximum absolute atomic E-state index is 12.3. The zero-order valence-electron chi connectivity index (χ0n) is 18.2. The normalized spacial score (nSPS) is 11.4. The van der Waals surface area contributed by atoms with E-state index < -0.39 is 0 Å². The van der Waals surface area contributed by atoms with Crippen molar-refractivity contribution in [3.8, 4) is 5.75 Å². The first-order valence-corrected chi connectivity index (χ1v) is 9.79. The Hall–Kier alpha value is -3.42. The summed E-state index contributed by atoms with van der Waals surface area (Å²) >= 11 is 0. The third-order valence-corrected chi connectivity index (χ3v) is 4.30. The van der Waals surface area contributed by atoms with E-state index in [4.69, 9.17) is 9.57 Å². The van der Waals surface area contributed by atoms with E-state index in [-0.39, 0.29) is 6.03 Å². The summed E-state index contributed by atoms with van der Waals surface area (Å²) in [6.45, 7) is 6.79. The van der Waals surface area contributed by atoms with Crippen molar-refractivity contribution in [1.82, 2.24) is 5.01 Å². The number of anilines is 1. The molecule has 0 radical (unpaired) electrons. The number of nitrogens with zero attached hydrogens (tertiary/aromatic N) is 4. The Morgan fingerprint density at radius 3 is 2.70 bits per heavy atom. The largest absolute Gasteiger partial charge is 0.489 e. The number of benzene rings is 2. The van der Waals surface area contributed by atoms with Gasteiger partial charge in [0, 0.05) is 23.9 Å². The van der Waals surface area contributed by atoms with Gasteiger partial charge in [-0.3, -0.25) is 0 Å². The molecule has 8 nitrogen and oxygen atoms in total. The molecule has 2 aromatic carbocycles. The third kappa shape index (κ3) is 6.58. The summed E-state index contributed by atoms with van der Waals surface area (Å²) in [7, 11) is 3.04. The average Bonchev–Trinajstić information content (AvgIpc) is 2.73. The summed E-state index contributed by atoms with van der Waals surface area (Å²) in [5, 5.41) is 15.4. The molecule has 2 amide bonds. The second-order valence-corrected chi connectivity index (χ2v) is 6.67. The monoisotopic (exact) mass is 411 g/mol. The molecular weight excluding hydrogens is 382 g/mol. The van der Waals surface area contributed by atoms with Crippen molar-refractivity contribution in [1.29, 1.82) is 0 Å². The van der Waals surface area contributed by atoms with Crippen molar-refractivity contribution in [2.24, 2.45) is 15.5 Å². The van der Waals surface area contributed by atoms with Crippen LogP contribution in [0.2, 0.25) is 0 Å². The molecule has 0 fully saturated rings. The zero-order valence-corrected chi connectivity index (χ0v) is 18.2. The topological polar surface area (TPSA) is 87.9 Å². The quantitative estimate of drug-likeness (QED) is 0.267. The lowest BCUT2D eigenvalue weighted by atomic mass is 10.1. The van der Waals surface area contributed by atoms with Crippen LogP contribution in [0.25, 0.3) is 0 Å². The minimum Gasteiger partial charge on any atom is -0.489 e. The van der Waals surface area contributed by atoms with Crippen LogP contribution < -0.4 is 10.1 Å². The number of urea groups is 1. The molecule has 0 unspecified atom stereocenters. The van der Waals surface area contributed by atoms with Gasteiger partial charge in [-0.15, -0.1) is 0 Å². The van der Waals surface area contributed by atoms with Crippen LogP contribution in [0.1, 0.15) is 37.0 Å². The SMILES string of the molecule is CCCO/N=C(\C)c1cccc(OCc2c(C)cccc2NC(=O)N(C)N=NC)c1. The van der Waals surface area contributed by atoms with E-state index in [1.807, 2.05) is 63.2 Å². The summed E-state index contributed by atoms with van der Waals surface area (Å²) in [6, 6.07) is 13.0. The maximum Gasteiger partial charge on any atom is 0.343 e. The summed E-state index contributed by atoms with van der Waals surface area (Å²) in [4.78, 5) is 17.5. The van der Waals surface area contributed by atoms with Crippen molar-refractivity contribution < 1.29 is 14.4 Å². The first-order chi connectivity index (χ1) is 14.5. The molecule has 0 aromatic heterocycles.